The second-order valence-corrected chi connectivity index (χ2v) is 3.45. The van der Waals surface area contributed by atoms with Gasteiger partial charge in [-0.15, -0.1) is 9.24 Å². The summed E-state index contributed by atoms with van der Waals surface area (Å²) in [6, 6.07) is -0.364. The van der Waals surface area contributed by atoms with E-state index < -0.39 is 0 Å². The minimum absolute atomic E-state index is 0.0145. The monoisotopic (exact) mass is 189 g/mol. The van der Waals surface area contributed by atoms with Gasteiger partial charge in [-0.05, 0) is 20.0 Å². The number of amides is 1. The van der Waals surface area contributed by atoms with Gasteiger partial charge in [-0.1, -0.05) is 6.92 Å². The first kappa shape index (κ1) is 11.6. The molecule has 0 aliphatic rings. The van der Waals surface area contributed by atoms with Gasteiger partial charge in [-0.25, -0.2) is 0 Å². The Labute approximate surface area is 75.5 Å². The summed E-state index contributed by atoms with van der Waals surface area (Å²) in [4.78, 5) is 22.0. The zero-order valence-electron chi connectivity index (χ0n) is 7.76. The van der Waals surface area contributed by atoms with Crippen LogP contribution in [0.25, 0.3) is 0 Å². The summed E-state index contributed by atoms with van der Waals surface area (Å²) in [7, 11) is 2.50. The van der Waals surface area contributed by atoms with Gasteiger partial charge in [0.15, 0.2) is 5.78 Å². The molecule has 4 heteroatoms. The highest BCUT2D eigenvalue weighted by Gasteiger charge is 2.15. The van der Waals surface area contributed by atoms with E-state index in [1.54, 1.807) is 6.92 Å². The standard InChI is InChI=1S/C8H16NO2P/c1-5(4-12)8(11)9-6(2)7(3)10/h5-6H,4,12H2,1-3H3,(H,9,11). The fraction of sp³-hybridized carbons (Fsp3) is 0.750. The molecular formula is C8H16NO2P. The molecule has 0 aliphatic carbocycles. The first-order chi connectivity index (χ1) is 5.49. The van der Waals surface area contributed by atoms with E-state index in [1.807, 2.05) is 6.92 Å². The van der Waals surface area contributed by atoms with Crippen LogP contribution in [0.2, 0.25) is 0 Å². The Morgan fingerprint density at radius 2 is 1.92 bits per heavy atom. The summed E-state index contributed by atoms with van der Waals surface area (Å²) in [5, 5.41) is 2.63. The second kappa shape index (κ2) is 5.26. The third-order valence-electron chi connectivity index (χ3n) is 1.77. The van der Waals surface area contributed by atoms with Crippen LogP contribution in [0.4, 0.5) is 0 Å². The highest BCUT2D eigenvalue weighted by Crippen LogP contribution is 2.00. The van der Waals surface area contributed by atoms with Gasteiger partial charge in [-0.3, -0.25) is 9.59 Å². The van der Waals surface area contributed by atoms with Gasteiger partial charge < -0.3 is 5.32 Å². The topological polar surface area (TPSA) is 46.2 Å². The summed E-state index contributed by atoms with van der Waals surface area (Å²) < 4.78 is 0. The van der Waals surface area contributed by atoms with Crippen LogP contribution >= 0.6 is 9.24 Å². The second-order valence-electron chi connectivity index (χ2n) is 2.98. The molecule has 3 nitrogen and oxygen atoms in total. The van der Waals surface area contributed by atoms with Crippen LogP contribution in [0, 0.1) is 5.92 Å². The van der Waals surface area contributed by atoms with Gasteiger partial charge in [0.25, 0.3) is 0 Å². The molecule has 0 aromatic heterocycles. The number of hydrogen-bond donors (Lipinski definition) is 1. The van der Waals surface area contributed by atoms with Crippen molar-refractivity contribution in [2.75, 3.05) is 6.16 Å². The van der Waals surface area contributed by atoms with E-state index in [0.29, 0.717) is 0 Å². The number of carbonyl (C=O) groups is 2. The van der Waals surface area contributed by atoms with Gasteiger partial charge >= 0.3 is 0 Å². The molecule has 0 bridgehead atoms. The van der Waals surface area contributed by atoms with Crippen LogP contribution in [-0.4, -0.2) is 23.9 Å². The normalized spacial score (nSPS) is 15.0. The maximum Gasteiger partial charge on any atom is 0.223 e. The summed E-state index contributed by atoms with van der Waals surface area (Å²) in [5.74, 6) is -0.121. The van der Waals surface area contributed by atoms with Crippen LogP contribution in [-0.2, 0) is 9.59 Å². The average Bonchev–Trinajstić information content (AvgIpc) is 2.02. The van der Waals surface area contributed by atoms with Gasteiger partial charge in [0.1, 0.15) is 0 Å². The molecule has 0 aliphatic heterocycles. The molecule has 1 amide bonds. The van der Waals surface area contributed by atoms with Crippen LogP contribution < -0.4 is 5.32 Å². The zero-order chi connectivity index (χ0) is 9.72. The summed E-state index contributed by atoms with van der Waals surface area (Å²) >= 11 is 0. The van der Waals surface area contributed by atoms with Gasteiger partial charge in [-0.2, -0.15) is 0 Å². The van der Waals surface area contributed by atoms with Crippen molar-refractivity contribution in [1.29, 1.82) is 0 Å². The zero-order valence-corrected chi connectivity index (χ0v) is 8.91. The van der Waals surface area contributed by atoms with Crippen molar-refractivity contribution in [3.05, 3.63) is 0 Å². The molecule has 0 aromatic rings. The predicted octanol–water partition coefficient (Wildman–Crippen LogP) is 0.591. The molecule has 0 heterocycles. The van der Waals surface area contributed by atoms with E-state index in [-0.39, 0.29) is 23.7 Å². The molecular weight excluding hydrogens is 173 g/mol. The number of hydrogen-bond acceptors (Lipinski definition) is 2. The van der Waals surface area contributed by atoms with E-state index in [2.05, 4.69) is 14.6 Å². The summed E-state index contributed by atoms with van der Waals surface area (Å²) in [6.07, 6.45) is 0.719. The molecule has 12 heavy (non-hydrogen) atoms. The van der Waals surface area contributed by atoms with Crippen molar-refractivity contribution < 1.29 is 9.59 Å². The Balaban J connectivity index is 3.92. The summed E-state index contributed by atoms with van der Waals surface area (Å²) in [6.45, 7) is 4.99. The minimum atomic E-state index is -0.364. The fourth-order valence-electron chi connectivity index (χ4n) is 0.564. The highest BCUT2D eigenvalue weighted by atomic mass is 31.0. The Kier molecular flexibility index (Phi) is 5.07. The molecule has 1 N–H and O–H groups in total. The molecule has 0 fully saturated rings. The molecule has 3 unspecified atom stereocenters. The SMILES string of the molecule is CC(=O)C(C)NC(=O)C(C)CP. The van der Waals surface area contributed by atoms with Gasteiger partial charge in [0, 0.05) is 5.92 Å². The average molecular weight is 189 g/mol. The molecule has 0 saturated heterocycles. The number of carbonyl (C=O) groups excluding carboxylic acids is 2. The van der Waals surface area contributed by atoms with E-state index in [0.717, 1.165) is 6.16 Å². The molecule has 0 spiro atoms. The Bertz CT molecular complexity index is 182. The first-order valence-electron chi connectivity index (χ1n) is 4.00. The number of Topliss-reactive ketones (excluding diaryl/α,β-unsaturated/α-hetero) is 1. The minimum Gasteiger partial charge on any atom is -0.346 e. The number of rotatable bonds is 4. The quantitative estimate of drug-likeness (QED) is 0.658. The van der Waals surface area contributed by atoms with E-state index in [1.165, 1.54) is 6.92 Å². The highest BCUT2D eigenvalue weighted by molar-refractivity contribution is 7.16. The maximum absolute atomic E-state index is 11.2. The van der Waals surface area contributed by atoms with Crippen LogP contribution in [0.1, 0.15) is 20.8 Å². The Hall–Kier alpha value is -0.430. The number of ketones is 1. The lowest BCUT2D eigenvalue weighted by Gasteiger charge is -2.13. The van der Waals surface area contributed by atoms with Gasteiger partial charge in [0.2, 0.25) is 5.91 Å². The van der Waals surface area contributed by atoms with Crippen LogP contribution in [0.3, 0.4) is 0 Å². The smallest absolute Gasteiger partial charge is 0.223 e. The first-order valence-corrected chi connectivity index (χ1v) is 4.81. The van der Waals surface area contributed by atoms with Crippen molar-refractivity contribution in [3.63, 3.8) is 0 Å². The molecule has 0 saturated carbocycles. The lowest BCUT2D eigenvalue weighted by Crippen LogP contribution is -2.40. The van der Waals surface area contributed by atoms with E-state index >= 15 is 0 Å². The van der Waals surface area contributed by atoms with E-state index in [9.17, 15) is 9.59 Å². The summed E-state index contributed by atoms with van der Waals surface area (Å²) in [5.41, 5.74) is 0. The number of nitrogens with one attached hydrogen (secondary N) is 1. The molecule has 0 radical (unpaired) electrons. The lowest BCUT2D eigenvalue weighted by molar-refractivity contribution is -0.128. The fourth-order valence-corrected chi connectivity index (χ4v) is 0.778. The van der Waals surface area contributed by atoms with Crippen molar-refractivity contribution in [3.8, 4) is 0 Å². The Morgan fingerprint density at radius 3 is 2.25 bits per heavy atom. The maximum atomic E-state index is 11.2. The predicted molar refractivity (Wildman–Crippen MR) is 52.0 cm³/mol. The largest absolute Gasteiger partial charge is 0.346 e. The Morgan fingerprint density at radius 1 is 1.42 bits per heavy atom. The van der Waals surface area contributed by atoms with Crippen LogP contribution in [0.15, 0.2) is 0 Å². The van der Waals surface area contributed by atoms with Crippen molar-refractivity contribution in [2.24, 2.45) is 5.92 Å². The molecule has 70 valence electrons. The van der Waals surface area contributed by atoms with Crippen molar-refractivity contribution in [1.82, 2.24) is 5.32 Å². The third-order valence-corrected chi connectivity index (χ3v) is 2.48. The molecule has 0 aromatic carbocycles. The molecule has 3 atom stereocenters. The van der Waals surface area contributed by atoms with Crippen molar-refractivity contribution in [2.45, 2.75) is 26.8 Å². The van der Waals surface area contributed by atoms with E-state index in [4.69, 9.17) is 0 Å². The lowest BCUT2D eigenvalue weighted by atomic mass is 10.1. The van der Waals surface area contributed by atoms with Crippen molar-refractivity contribution >= 4 is 20.9 Å². The third kappa shape index (κ3) is 3.82. The van der Waals surface area contributed by atoms with Crippen LogP contribution in [0.5, 0.6) is 0 Å². The molecule has 0 rings (SSSR count). The van der Waals surface area contributed by atoms with Gasteiger partial charge in [0.05, 0.1) is 6.04 Å².